The van der Waals surface area contributed by atoms with Gasteiger partial charge in [-0.05, 0) is 30.9 Å². The molecule has 0 aliphatic carbocycles. The third-order valence-corrected chi connectivity index (χ3v) is 5.24. The van der Waals surface area contributed by atoms with Crippen molar-refractivity contribution in [1.29, 1.82) is 0 Å². The van der Waals surface area contributed by atoms with Crippen LogP contribution < -0.4 is 10.6 Å². The number of likely N-dealkylation sites (tertiary alicyclic amines) is 1. The highest BCUT2D eigenvalue weighted by Crippen LogP contribution is 2.19. The van der Waals surface area contributed by atoms with Crippen molar-refractivity contribution in [1.82, 2.24) is 20.4 Å². The molecule has 2 N–H and O–H groups in total. The minimum Gasteiger partial charge on any atom is -0.459 e. The molecule has 0 bridgehead atoms. The van der Waals surface area contributed by atoms with E-state index in [-0.39, 0.29) is 29.5 Å². The van der Waals surface area contributed by atoms with E-state index in [9.17, 15) is 14.4 Å². The summed E-state index contributed by atoms with van der Waals surface area (Å²) < 4.78 is 5.12. The molecule has 2 saturated heterocycles. The number of hydrogen-bond acceptors (Lipinski definition) is 5. The summed E-state index contributed by atoms with van der Waals surface area (Å²) in [7, 11) is 0. The van der Waals surface area contributed by atoms with Gasteiger partial charge in [-0.1, -0.05) is 13.8 Å². The highest BCUT2D eigenvalue weighted by Gasteiger charge is 2.35. The van der Waals surface area contributed by atoms with E-state index in [1.165, 1.54) is 6.26 Å². The van der Waals surface area contributed by atoms with Gasteiger partial charge in [0.1, 0.15) is 6.04 Å². The normalized spacial score (nSPS) is 22.0. The molecule has 3 rings (SSSR count). The Morgan fingerprint density at radius 3 is 2.81 bits per heavy atom. The fourth-order valence-electron chi connectivity index (χ4n) is 3.75. The molecule has 2 atom stereocenters. The molecule has 0 aromatic carbocycles. The molecule has 8 nitrogen and oxygen atoms in total. The Hall–Kier alpha value is -2.35. The maximum Gasteiger partial charge on any atom is 0.287 e. The predicted octanol–water partition coefficient (Wildman–Crippen LogP) is 0.457. The van der Waals surface area contributed by atoms with Crippen molar-refractivity contribution >= 4 is 17.7 Å². The third-order valence-electron chi connectivity index (χ3n) is 5.24. The molecule has 2 fully saturated rings. The Labute approximate surface area is 159 Å². The van der Waals surface area contributed by atoms with E-state index in [0.29, 0.717) is 26.2 Å². The van der Waals surface area contributed by atoms with Gasteiger partial charge in [0.2, 0.25) is 11.8 Å². The summed E-state index contributed by atoms with van der Waals surface area (Å²) in [6.07, 6.45) is 3.19. The fourth-order valence-corrected chi connectivity index (χ4v) is 3.75. The minimum absolute atomic E-state index is 0.0471. The SMILES string of the molecule is CC(C)C(NC(=O)c1ccco1)C(=O)N1CCCC(N2CCNCC2=O)C1. The van der Waals surface area contributed by atoms with Gasteiger partial charge in [0.05, 0.1) is 12.8 Å². The smallest absolute Gasteiger partial charge is 0.287 e. The van der Waals surface area contributed by atoms with Crippen molar-refractivity contribution in [2.45, 2.75) is 38.8 Å². The largest absolute Gasteiger partial charge is 0.459 e. The van der Waals surface area contributed by atoms with Crippen molar-refractivity contribution in [2.24, 2.45) is 5.92 Å². The molecule has 0 spiro atoms. The van der Waals surface area contributed by atoms with Crippen LogP contribution in [-0.2, 0) is 9.59 Å². The number of hydrogen-bond donors (Lipinski definition) is 2. The average molecular weight is 376 g/mol. The second-order valence-corrected chi connectivity index (χ2v) is 7.52. The topological polar surface area (TPSA) is 94.9 Å². The molecule has 0 radical (unpaired) electrons. The van der Waals surface area contributed by atoms with Crippen LogP contribution in [0, 0.1) is 5.92 Å². The maximum atomic E-state index is 13.1. The standard InChI is InChI=1S/C19H28N4O4/c1-13(2)17(21-18(25)15-6-4-10-27-15)19(26)22-8-3-5-14(12-22)23-9-7-20-11-16(23)24/h4,6,10,13-14,17,20H,3,5,7-9,11-12H2,1-2H3,(H,21,25). The first-order chi connectivity index (χ1) is 13.0. The van der Waals surface area contributed by atoms with Crippen LogP contribution in [0.1, 0.15) is 37.2 Å². The average Bonchev–Trinajstić information content (AvgIpc) is 3.20. The quantitative estimate of drug-likeness (QED) is 0.778. The van der Waals surface area contributed by atoms with Gasteiger partial charge in [0, 0.05) is 32.2 Å². The molecular formula is C19H28N4O4. The molecule has 3 heterocycles. The molecule has 2 unspecified atom stereocenters. The molecule has 0 saturated carbocycles. The zero-order chi connectivity index (χ0) is 19.4. The lowest BCUT2D eigenvalue weighted by atomic mass is 9.98. The van der Waals surface area contributed by atoms with E-state index in [4.69, 9.17) is 4.42 Å². The van der Waals surface area contributed by atoms with E-state index in [1.807, 2.05) is 18.7 Å². The van der Waals surface area contributed by atoms with Gasteiger partial charge >= 0.3 is 0 Å². The monoisotopic (exact) mass is 376 g/mol. The van der Waals surface area contributed by atoms with Crippen LogP contribution in [0.15, 0.2) is 22.8 Å². The molecule has 1 aromatic rings. The number of carbonyl (C=O) groups is 3. The number of nitrogens with one attached hydrogen (secondary N) is 2. The van der Waals surface area contributed by atoms with Crippen LogP contribution >= 0.6 is 0 Å². The van der Waals surface area contributed by atoms with E-state index in [2.05, 4.69) is 10.6 Å². The molecule has 1 aromatic heterocycles. The van der Waals surface area contributed by atoms with E-state index in [1.54, 1.807) is 17.0 Å². The number of piperidine rings is 1. The number of furan rings is 1. The highest BCUT2D eigenvalue weighted by atomic mass is 16.3. The third kappa shape index (κ3) is 4.50. The summed E-state index contributed by atoms with van der Waals surface area (Å²) >= 11 is 0. The zero-order valence-corrected chi connectivity index (χ0v) is 15.9. The summed E-state index contributed by atoms with van der Waals surface area (Å²) in [5.41, 5.74) is 0. The highest BCUT2D eigenvalue weighted by molar-refractivity contribution is 5.95. The molecule has 148 valence electrons. The van der Waals surface area contributed by atoms with Gasteiger partial charge in [-0.2, -0.15) is 0 Å². The Balaban J connectivity index is 1.66. The molecule has 3 amide bonds. The molecule has 27 heavy (non-hydrogen) atoms. The van der Waals surface area contributed by atoms with Crippen LogP contribution in [0.3, 0.4) is 0 Å². The summed E-state index contributed by atoms with van der Waals surface area (Å²) in [5.74, 6) is -0.267. The van der Waals surface area contributed by atoms with Crippen LogP contribution in [0.5, 0.6) is 0 Å². The van der Waals surface area contributed by atoms with E-state index in [0.717, 1.165) is 19.4 Å². The zero-order valence-electron chi connectivity index (χ0n) is 15.9. The van der Waals surface area contributed by atoms with Crippen LogP contribution in [0.2, 0.25) is 0 Å². The molecule has 2 aliphatic heterocycles. The number of amides is 3. The van der Waals surface area contributed by atoms with Crippen molar-refractivity contribution in [3.63, 3.8) is 0 Å². The van der Waals surface area contributed by atoms with Gasteiger partial charge in [-0.15, -0.1) is 0 Å². The summed E-state index contributed by atoms with van der Waals surface area (Å²) in [6.45, 7) is 6.80. The van der Waals surface area contributed by atoms with Crippen LogP contribution in [-0.4, -0.2) is 72.3 Å². The molecule has 8 heteroatoms. The van der Waals surface area contributed by atoms with E-state index >= 15 is 0 Å². The van der Waals surface area contributed by atoms with Crippen molar-refractivity contribution in [3.05, 3.63) is 24.2 Å². The summed E-state index contributed by atoms with van der Waals surface area (Å²) in [5, 5.41) is 5.88. The van der Waals surface area contributed by atoms with Gasteiger partial charge in [-0.25, -0.2) is 0 Å². The van der Waals surface area contributed by atoms with Gasteiger partial charge in [-0.3, -0.25) is 14.4 Å². The number of piperazine rings is 1. The lowest BCUT2D eigenvalue weighted by Gasteiger charge is -2.42. The lowest BCUT2D eigenvalue weighted by Crippen LogP contribution is -2.60. The minimum atomic E-state index is -0.625. The van der Waals surface area contributed by atoms with Crippen LogP contribution in [0.25, 0.3) is 0 Å². The van der Waals surface area contributed by atoms with Crippen molar-refractivity contribution in [3.8, 4) is 0 Å². The number of nitrogens with zero attached hydrogens (tertiary/aromatic N) is 2. The number of rotatable bonds is 5. The first kappa shape index (κ1) is 19.4. The first-order valence-corrected chi connectivity index (χ1v) is 9.60. The van der Waals surface area contributed by atoms with Gasteiger partial charge in [0.25, 0.3) is 5.91 Å². The molecular weight excluding hydrogens is 348 g/mol. The Kier molecular flexibility index (Phi) is 6.15. The second kappa shape index (κ2) is 8.56. The van der Waals surface area contributed by atoms with E-state index < -0.39 is 11.9 Å². The van der Waals surface area contributed by atoms with Crippen LogP contribution in [0.4, 0.5) is 0 Å². The van der Waals surface area contributed by atoms with Gasteiger partial charge in [0.15, 0.2) is 5.76 Å². The maximum absolute atomic E-state index is 13.1. The molecule has 2 aliphatic rings. The van der Waals surface area contributed by atoms with Crippen molar-refractivity contribution in [2.75, 3.05) is 32.7 Å². The Bertz CT molecular complexity index is 673. The predicted molar refractivity (Wildman–Crippen MR) is 99.0 cm³/mol. The first-order valence-electron chi connectivity index (χ1n) is 9.60. The fraction of sp³-hybridized carbons (Fsp3) is 0.632. The Morgan fingerprint density at radius 1 is 1.33 bits per heavy atom. The number of carbonyl (C=O) groups excluding carboxylic acids is 3. The second-order valence-electron chi connectivity index (χ2n) is 7.52. The summed E-state index contributed by atoms with van der Waals surface area (Å²) in [4.78, 5) is 41.3. The lowest BCUT2D eigenvalue weighted by molar-refractivity contribution is -0.142. The summed E-state index contributed by atoms with van der Waals surface area (Å²) in [6, 6.07) is 2.64. The van der Waals surface area contributed by atoms with Crippen molar-refractivity contribution < 1.29 is 18.8 Å². The van der Waals surface area contributed by atoms with Gasteiger partial charge < -0.3 is 24.9 Å². The Morgan fingerprint density at radius 2 is 2.15 bits per heavy atom.